The highest BCUT2D eigenvalue weighted by molar-refractivity contribution is 8.15. The SMILES string of the molecule is CC(=O)N1N=C(c2cccc(F)c2)S[C@@]12c1ccccc1OC[C@H]2CCN. The van der Waals surface area contributed by atoms with Crippen molar-refractivity contribution in [1.29, 1.82) is 0 Å². The van der Waals surface area contributed by atoms with E-state index in [1.165, 1.54) is 35.8 Å². The summed E-state index contributed by atoms with van der Waals surface area (Å²) in [5.41, 5.74) is 7.41. The van der Waals surface area contributed by atoms with Gasteiger partial charge in [0.25, 0.3) is 0 Å². The maximum atomic E-state index is 13.8. The van der Waals surface area contributed by atoms with Crippen molar-refractivity contribution in [3.05, 3.63) is 65.5 Å². The zero-order valence-corrected chi connectivity index (χ0v) is 15.7. The van der Waals surface area contributed by atoms with Gasteiger partial charge in [0, 0.05) is 24.0 Å². The Balaban J connectivity index is 1.87. The van der Waals surface area contributed by atoms with E-state index in [0.29, 0.717) is 30.2 Å². The van der Waals surface area contributed by atoms with Crippen LogP contribution in [0.25, 0.3) is 0 Å². The van der Waals surface area contributed by atoms with Gasteiger partial charge in [-0.3, -0.25) is 4.79 Å². The average molecular weight is 385 g/mol. The number of thioether (sulfide) groups is 1. The van der Waals surface area contributed by atoms with Crippen molar-refractivity contribution in [1.82, 2.24) is 5.01 Å². The fourth-order valence-corrected chi connectivity index (χ4v) is 5.28. The molecule has 1 spiro atoms. The Morgan fingerprint density at radius 2 is 2.19 bits per heavy atom. The Kier molecular flexibility index (Phi) is 4.65. The van der Waals surface area contributed by atoms with Crippen LogP contribution in [0.1, 0.15) is 24.5 Å². The first kappa shape index (κ1) is 18.0. The molecule has 0 radical (unpaired) electrons. The first-order valence-corrected chi connectivity index (χ1v) is 9.64. The van der Waals surface area contributed by atoms with Crippen LogP contribution in [-0.2, 0) is 9.67 Å². The highest BCUT2D eigenvalue weighted by atomic mass is 32.2. The summed E-state index contributed by atoms with van der Waals surface area (Å²) in [4.78, 5) is 11.8. The number of amides is 1. The predicted octanol–water partition coefficient (Wildman–Crippen LogP) is 3.29. The third-order valence-electron chi connectivity index (χ3n) is 4.91. The molecule has 0 aliphatic carbocycles. The molecule has 2 aliphatic heterocycles. The fourth-order valence-electron chi connectivity index (χ4n) is 3.74. The largest absolute Gasteiger partial charge is 0.493 e. The molecule has 0 saturated heterocycles. The Bertz CT molecular complexity index is 920. The molecule has 2 aromatic rings. The van der Waals surface area contributed by atoms with Gasteiger partial charge < -0.3 is 10.5 Å². The molecule has 2 aliphatic rings. The number of ether oxygens (including phenoxy) is 1. The lowest BCUT2D eigenvalue weighted by Crippen LogP contribution is -2.51. The minimum absolute atomic E-state index is 0.0406. The summed E-state index contributed by atoms with van der Waals surface area (Å²) in [6, 6.07) is 14.0. The summed E-state index contributed by atoms with van der Waals surface area (Å²) < 4.78 is 19.7. The second-order valence-electron chi connectivity index (χ2n) is 6.63. The second kappa shape index (κ2) is 6.98. The van der Waals surface area contributed by atoms with Crippen LogP contribution < -0.4 is 10.5 Å². The third kappa shape index (κ3) is 2.91. The van der Waals surface area contributed by atoms with Gasteiger partial charge in [-0.2, -0.15) is 5.10 Å². The van der Waals surface area contributed by atoms with E-state index in [2.05, 4.69) is 5.10 Å². The molecule has 2 atom stereocenters. The zero-order valence-electron chi connectivity index (χ0n) is 14.9. The van der Waals surface area contributed by atoms with Gasteiger partial charge in [-0.05, 0) is 31.2 Å². The molecule has 2 heterocycles. The molecule has 0 bridgehead atoms. The summed E-state index contributed by atoms with van der Waals surface area (Å²) in [5.74, 6) is 0.186. The number of benzene rings is 2. The molecule has 2 N–H and O–H groups in total. The quantitative estimate of drug-likeness (QED) is 0.880. The molecule has 140 valence electrons. The van der Waals surface area contributed by atoms with Crippen molar-refractivity contribution in [2.45, 2.75) is 18.2 Å². The minimum Gasteiger partial charge on any atom is -0.493 e. The van der Waals surface area contributed by atoms with Crippen molar-refractivity contribution in [3.8, 4) is 5.75 Å². The average Bonchev–Trinajstić information content (AvgIpc) is 3.06. The van der Waals surface area contributed by atoms with Crippen molar-refractivity contribution in [2.75, 3.05) is 13.2 Å². The van der Waals surface area contributed by atoms with E-state index in [1.807, 2.05) is 24.3 Å². The van der Waals surface area contributed by atoms with Gasteiger partial charge in [0.2, 0.25) is 5.91 Å². The number of hydrogen-bond donors (Lipinski definition) is 1. The second-order valence-corrected chi connectivity index (χ2v) is 7.84. The number of nitrogens with two attached hydrogens (primary N) is 1. The normalized spacial score (nSPS) is 23.7. The molecule has 27 heavy (non-hydrogen) atoms. The highest BCUT2D eigenvalue weighted by Crippen LogP contribution is 2.57. The molecular formula is C20H20FN3O2S. The topological polar surface area (TPSA) is 67.9 Å². The molecule has 0 aromatic heterocycles. The number of carbonyl (C=O) groups excluding carboxylic acids is 1. The minimum atomic E-state index is -0.748. The van der Waals surface area contributed by atoms with Crippen LogP contribution in [0.15, 0.2) is 53.6 Å². The van der Waals surface area contributed by atoms with Crippen molar-refractivity contribution in [3.63, 3.8) is 0 Å². The van der Waals surface area contributed by atoms with Crippen LogP contribution in [0.3, 0.4) is 0 Å². The van der Waals surface area contributed by atoms with Gasteiger partial charge >= 0.3 is 0 Å². The molecule has 7 heteroatoms. The number of halogens is 1. The molecule has 0 unspecified atom stereocenters. The molecule has 2 aromatic carbocycles. The number of hydrazone groups is 1. The molecule has 1 amide bonds. The molecule has 5 nitrogen and oxygen atoms in total. The maximum absolute atomic E-state index is 13.8. The van der Waals surface area contributed by atoms with E-state index < -0.39 is 4.87 Å². The summed E-state index contributed by atoms with van der Waals surface area (Å²) >= 11 is 1.48. The lowest BCUT2D eigenvalue weighted by atomic mass is 9.86. The third-order valence-corrected chi connectivity index (χ3v) is 6.46. The van der Waals surface area contributed by atoms with Crippen LogP contribution in [0, 0.1) is 11.7 Å². The van der Waals surface area contributed by atoms with E-state index in [4.69, 9.17) is 10.5 Å². The maximum Gasteiger partial charge on any atom is 0.241 e. The number of carbonyl (C=O) groups is 1. The molecule has 0 fully saturated rings. The smallest absolute Gasteiger partial charge is 0.241 e. The van der Waals surface area contributed by atoms with Crippen LogP contribution in [0.2, 0.25) is 0 Å². The lowest BCUT2D eigenvalue weighted by molar-refractivity contribution is -0.134. The van der Waals surface area contributed by atoms with Gasteiger partial charge in [-0.25, -0.2) is 9.40 Å². The van der Waals surface area contributed by atoms with E-state index in [1.54, 1.807) is 12.1 Å². The molecule has 4 rings (SSSR count). The van der Waals surface area contributed by atoms with Gasteiger partial charge in [-0.1, -0.05) is 42.1 Å². The number of fused-ring (bicyclic) bond motifs is 2. The highest BCUT2D eigenvalue weighted by Gasteiger charge is 2.56. The molecular weight excluding hydrogens is 365 g/mol. The Morgan fingerprint density at radius 3 is 2.93 bits per heavy atom. The van der Waals surface area contributed by atoms with Gasteiger partial charge in [-0.15, -0.1) is 0 Å². The van der Waals surface area contributed by atoms with E-state index in [0.717, 1.165) is 11.3 Å². The monoisotopic (exact) mass is 385 g/mol. The number of nitrogens with zero attached hydrogens (tertiary/aromatic N) is 2. The summed E-state index contributed by atoms with van der Waals surface area (Å²) in [7, 11) is 0. The van der Waals surface area contributed by atoms with Gasteiger partial charge in [0.05, 0.1) is 6.61 Å². The molecule has 0 saturated carbocycles. The Morgan fingerprint density at radius 1 is 1.37 bits per heavy atom. The predicted molar refractivity (Wildman–Crippen MR) is 104 cm³/mol. The Hall–Kier alpha value is -2.38. The summed E-state index contributed by atoms with van der Waals surface area (Å²) in [5, 5.41) is 6.75. The number of hydrogen-bond acceptors (Lipinski definition) is 5. The summed E-state index contributed by atoms with van der Waals surface area (Å²) in [6.07, 6.45) is 0.678. The van der Waals surface area contributed by atoms with E-state index >= 15 is 0 Å². The van der Waals surface area contributed by atoms with Gasteiger partial charge in [0.15, 0.2) is 4.87 Å². The van der Waals surface area contributed by atoms with Crippen LogP contribution in [-0.4, -0.2) is 29.1 Å². The number of rotatable bonds is 3. The van der Waals surface area contributed by atoms with E-state index in [-0.39, 0.29) is 17.6 Å². The van der Waals surface area contributed by atoms with Crippen molar-refractivity contribution in [2.24, 2.45) is 16.8 Å². The fraction of sp³-hybridized carbons (Fsp3) is 0.300. The standard InChI is InChI=1S/C20H20FN3O2S/c1-13(25)24-20(27-19(23-24)14-5-4-6-16(21)11-14)15(9-10-22)12-26-18-8-3-2-7-17(18)20/h2-8,11,15H,9-10,12,22H2,1H3/t15-,20+/m1/s1. The first-order valence-electron chi connectivity index (χ1n) is 8.83. The lowest BCUT2D eigenvalue weighted by Gasteiger charge is -2.45. The van der Waals surface area contributed by atoms with Crippen LogP contribution in [0.5, 0.6) is 5.75 Å². The zero-order chi connectivity index (χ0) is 19.0. The first-order chi connectivity index (χ1) is 13.1. The van der Waals surface area contributed by atoms with Crippen molar-refractivity contribution >= 4 is 22.7 Å². The number of para-hydroxylation sites is 1. The summed E-state index contributed by atoms with van der Waals surface area (Å²) in [6.45, 7) is 2.41. The van der Waals surface area contributed by atoms with Crippen LogP contribution in [0.4, 0.5) is 4.39 Å². The van der Waals surface area contributed by atoms with E-state index in [9.17, 15) is 9.18 Å². The Labute approximate surface area is 161 Å². The van der Waals surface area contributed by atoms with Crippen LogP contribution >= 0.6 is 11.8 Å². The van der Waals surface area contributed by atoms with Crippen molar-refractivity contribution < 1.29 is 13.9 Å². The van der Waals surface area contributed by atoms with Gasteiger partial charge in [0.1, 0.15) is 16.6 Å².